The molecule has 1 N–H and O–H groups in total. The Morgan fingerprint density at radius 3 is 2.47 bits per heavy atom. The van der Waals surface area contributed by atoms with Gasteiger partial charge in [0.25, 0.3) is 0 Å². The van der Waals surface area contributed by atoms with E-state index in [0.29, 0.717) is 5.56 Å². The minimum atomic E-state index is -0.543. The summed E-state index contributed by atoms with van der Waals surface area (Å²) in [6, 6.07) is 4.53. The summed E-state index contributed by atoms with van der Waals surface area (Å²) in [7, 11) is 0. The molecule has 94 valence electrons. The van der Waals surface area contributed by atoms with Crippen LogP contribution in [-0.4, -0.2) is 5.11 Å². The quantitative estimate of drug-likeness (QED) is 0.792. The second kappa shape index (κ2) is 5.96. The van der Waals surface area contributed by atoms with E-state index in [0.717, 1.165) is 17.3 Å². The summed E-state index contributed by atoms with van der Waals surface area (Å²) in [5, 5.41) is 10.4. The summed E-state index contributed by atoms with van der Waals surface area (Å²) in [6.07, 6.45) is 6.41. The molecule has 1 nitrogen and oxygen atoms in total. The van der Waals surface area contributed by atoms with Crippen molar-refractivity contribution in [1.82, 2.24) is 0 Å². The van der Waals surface area contributed by atoms with Crippen molar-refractivity contribution in [2.24, 2.45) is 5.92 Å². The van der Waals surface area contributed by atoms with Crippen LogP contribution in [0.3, 0.4) is 0 Å². The zero-order valence-corrected chi connectivity index (χ0v) is 11.4. The molecule has 3 heteroatoms. The first kappa shape index (κ1) is 13.0. The van der Waals surface area contributed by atoms with Gasteiger partial charge in [-0.25, -0.2) is 4.39 Å². The van der Waals surface area contributed by atoms with Crippen molar-refractivity contribution in [2.45, 2.75) is 44.6 Å². The third-order valence-electron chi connectivity index (χ3n) is 3.62. The standard InChI is InChI=1S/C14H18BrFO/c15-13-8-7-11(16)9-12(13)14(17)10-5-3-1-2-4-6-10/h7-10,14,17H,1-6H2. The van der Waals surface area contributed by atoms with Gasteiger partial charge in [-0.2, -0.15) is 0 Å². The van der Waals surface area contributed by atoms with Crippen molar-refractivity contribution in [1.29, 1.82) is 0 Å². The molecule has 2 rings (SSSR count). The second-order valence-corrected chi connectivity index (χ2v) is 5.72. The van der Waals surface area contributed by atoms with Gasteiger partial charge in [0.1, 0.15) is 5.82 Å². The second-order valence-electron chi connectivity index (χ2n) is 4.86. The molecule has 0 aromatic heterocycles. The first-order chi connectivity index (χ1) is 8.18. The molecule has 1 fully saturated rings. The molecule has 0 heterocycles. The Balaban J connectivity index is 2.16. The van der Waals surface area contributed by atoms with Crippen LogP contribution in [0.15, 0.2) is 22.7 Å². The summed E-state index contributed by atoms with van der Waals surface area (Å²) in [5.74, 6) is -0.00790. The van der Waals surface area contributed by atoms with E-state index in [9.17, 15) is 9.50 Å². The van der Waals surface area contributed by atoms with Crippen LogP contribution in [0.5, 0.6) is 0 Å². The van der Waals surface area contributed by atoms with Gasteiger partial charge in [0.05, 0.1) is 6.10 Å². The van der Waals surface area contributed by atoms with Gasteiger partial charge in [-0.3, -0.25) is 0 Å². The topological polar surface area (TPSA) is 20.2 Å². The Morgan fingerprint density at radius 2 is 1.82 bits per heavy atom. The predicted octanol–water partition coefficient (Wildman–Crippen LogP) is 4.59. The molecule has 1 saturated carbocycles. The number of rotatable bonds is 2. The maximum absolute atomic E-state index is 13.2. The van der Waals surface area contributed by atoms with Crippen LogP contribution < -0.4 is 0 Å². The summed E-state index contributed by atoms with van der Waals surface area (Å²) in [4.78, 5) is 0. The highest BCUT2D eigenvalue weighted by molar-refractivity contribution is 9.10. The molecule has 1 aromatic carbocycles. The van der Waals surface area contributed by atoms with E-state index in [1.165, 1.54) is 37.8 Å². The largest absolute Gasteiger partial charge is 0.388 e. The van der Waals surface area contributed by atoms with Crippen molar-refractivity contribution < 1.29 is 9.50 Å². The van der Waals surface area contributed by atoms with Crippen LogP contribution in [0.25, 0.3) is 0 Å². The third kappa shape index (κ3) is 3.29. The van der Waals surface area contributed by atoms with E-state index in [1.54, 1.807) is 6.07 Å². The minimum Gasteiger partial charge on any atom is -0.388 e. The maximum Gasteiger partial charge on any atom is 0.123 e. The molecule has 1 aliphatic carbocycles. The van der Waals surface area contributed by atoms with E-state index in [1.807, 2.05) is 0 Å². The molecular weight excluding hydrogens is 283 g/mol. The molecule has 1 aliphatic rings. The summed E-state index contributed by atoms with van der Waals surface area (Å²) < 4.78 is 14.0. The first-order valence-electron chi connectivity index (χ1n) is 6.31. The average Bonchev–Trinajstić information content (AvgIpc) is 2.60. The van der Waals surface area contributed by atoms with E-state index in [-0.39, 0.29) is 11.7 Å². The van der Waals surface area contributed by atoms with E-state index in [4.69, 9.17) is 0 Å². The molecule has 0 aliphatic heterocycles. The van der Waals surface area contributed by atoms with Gasteiger partial charge in [0, 0.05) is 4.47 Å². The highest BCUT2D eigenvalue weighted by Gasteiger charge is 2.23. The molecule has 0 saturated heterocycles. The van der Waals surface area contributed by atoms with E-state index >= 15 is 0 Å². The normalized spacial score (nSPS) is 19.9. The fourth-order valence-corrected chi connectivity index (χ4v) is 3.10. The van der Waals surface area contributed by atoms with Crippen LogP contribution >= 0.6 is 15.9 Å². The lowest BCUT2D eigenvalue weighted by Gasteiger charge is -2.22. The highest BCUT2D eigenvalue weighted by atomic mass is 79.9. The number of aliphatic hydroxyl groups excluding tert-OH is 1. The molecule has 0 spiro atoms. The lowest BCUT2D eigenvalue weighted by Crippen LogP contribution is -2.12. The van der Waals surface area contributed by atoms with Crippen molar-refractivity contribution in [2.75, 3.05) is 0 Å². The number of hydrogen-bond donors (Lipinski definition) is 1. The summed E-state index contributed by atoms with van der Waals surface area (Å²) in [6.45, 7) is 0. The third-order valence-corrected chi connectivity index (χ3v) is 4.35. The maximum atomic E-state index is 13.2. The van der Waals surface area contributed by atoms with Crippen LogP contribution in [0, 0.1) is 11.7 Å². The van der Waals surface area contributed by atoms with Crippen molar-refractivity contribution in [3.8, 4) is 0 Å². The number of halogens is 2. The smallest absolute Gasteiger partial charge is 0.123 e. The number of benzene rings is 1. The van der Waals surface area contributed by atoms with E-state index < -0.39 is 6.10 Å². The Kier molecular flexibility index (Phi) is 4.57. The molecule has 17 heavy (non-hydrogen) atoms. The molecule has 1 atom stereocenters. The van der Waals surface area contributed by atoms with Crippen LogP contribution in [0.4, 0.5) is 4.39 Å². The van der Waals surface area contributed by atoms with Gasteiger partial charge in [-0.05, 0) is 42.5 Å². The molecule has 0 amide bonds. The number of aliphatic hydroxyl groups is 1. The predicted molar refractivity (Wildman–Crippen MR) is 70.3 cm³/mol. The Labute approximate surface area is 110 Å². The lowest BCUT2D eigenvalue weighted by atomic mass is 9.89. The van der Waals surface area contributed by atoms with Gasteiger partial charge in [0.2, 0.25) is 0 Å². The van der Waals surface area contributed by atoms with Crippen LogP contribution in [0.1, 0.15) is 50.2 Å². The summed E-state index contributed by atoms with van der Waals surface area (Å²) in [5.41, 5.74) is 0.692. The average molecular weight is 301 g/mol. The Hall–Kier alpha value is -0.410. The zero-order chi connectivity index (χ0) is 12.3. The first-order valence-corrected chi connectivity index (χ1v) is 7.11. The Morgan fingerprint density at radius 1 is 1.18 bits per heavy atom. The highest BCUT2D eigenvalue weighted by Crippen LogP contribution is 2.36. The molecular formula is C14H18BrFO. The Bertz CT molecular complexity index is 372. The minimum absolute atomic E-state index is 0.274. The van der Waals surface area contributed by atoms with E-state index in [2.05, 4.69) is 15.9 Å². The van der Waals surface area contributed by atoms with Gasteiger partial charge >= 0.3 is 0 Å². The van der Waals surface area contributed by atoms with Gasteiger partial charge < -0.3 is 5.11 Å². The number of hydrogen-bond acceptors (Lipinski definition) is 1. The van der Waals surface area contributed by atoms with Gasteiger partial charge in [-0.1, -0.05) is 41.6 Å². The van der Waals surface area contributed by atoms with Crippen LogP contribution in [-0.2, 0) is 0 Å². The fraction of sp³-hybridized carbons (Fsp3) is 0.571. The molecule has 1 aromatic rings. The molecule has 1 unspecified atom stereocenters. The summed E-state index contributed by atoms with van der Waals surface area (Å²) >= 11 is 3.39. The lowest BCUT2D eigenvalue weighted by molar-refractivity contribution is 0.0978. The fourth-order valence-electron chi connectivity index (χ4n) is 2.62. The van der Waals surface area contributed by atoms with Crippen LogP contribution in [0.2, 0.25) is 0 Å². The molecule has 0 bridgehead atoms. The molecule has 0 radical (unpaired) electrons. The van der Waals surface area contributed by atoms with Crippen molar-refractivity contribution >= 4 is 15.9 Å². The van der Waals surface area contributed by atoms with Crippen molar-refractivity contribution in [3.05, 3.63) is 34.1 Å². The SMILES string of the molecule is OC(c1cc(F)ccc1Br)C1CCCCCC1. The van der Waals surface area contributed by atoms with Gasteiger partial charge in [0.15, 0.2) is 0 Å². The van der Waals surface area contributed by atoms with Gasteiger partial charge in [-0.15, -0.1) is 0 Å². The zero-order valence-electron chi connectivity index (χ0n) is 9.83. The van der Waals surface area contributed by atoms with Crippen molar-refractivity contribution in [3.63, 3.8) is 0 Å². The monoisotopic (exact) mass is 300 g/mol.